The highest BCUT2D eigenvalue weighted by atomic mass is 32.2. The summed E-state index contributed by atoms with van der Waals surface area (Å²) in [6, 6.07) is 15.7. The van der Waals surface area contributed by atoms with Gasteiger partial charge in [-0.15, -0.1) is 0 Å². The molecule has 1 saturated carbocycles. The van der Waals surface area contributed by atoms with Gasteiger partial charge in [0, 0.05) is 24.2 Å². The van der Waals surface area contributed by atoms with Gasteiger partial charge in [-0.25, -0.2) is 18.4 Å². The van der Waals surface area contributed by atoms with Crippen molar-refractivity contribution in [2.45, 2.75) is 43.0 Å². The maximum absolute atomic E-state index is 13.1. The Hall–Kier alpha value is -3.10. The van der Waals surface area contributed by atoms with Gasteiger partial charge in [0.2, 0.25) is 10.0 Å². The first-order chi connectivity index (χ1) is 15.4. The van der Waals surface area contributed by atoms with Crippen molar-refractivity contribution in [2.24, 2.45) is 0 Å². The van der Waals surface area contributed by atoms with E-state index in [9.17, 15) is 13.2 Å². The monoisotopic (exact) mass is 450 g/mol. The van der Waals surface area contributed by atoms with Crippen molar-refractivity contribution in [1.29, 1.82) is 0 Å². The Morgan fingerprint density at radius 1 is 0.969 bits per heavy atom. The van der Waals surface area contributed by atoms with Gasteiger partial charge in [-0.1, -0.05) is 55.7 Å². The maximum Gasteiger partial charge on any atom is 0.255 e. The van der Waals surface area contributed by atoms with Crippen molar-refractivity contribution in [3.05, 3.63) is 72.6 Å². The Labute approximate surface area is 188 Å². The number of hydrogen-bond acceptors (Lipinski definition) is 5. The van der Waals surface area contributed by atoms with Crippen LogP contribution in [0.1, 0.15) is 42.5 Å². The van der Waals surface area contributed by atoms with Crippen molar-refractivity contribution >= 4 is 21.6 Å². The molecule has 3 aromatic rings. The molecule has 1 heterocycles. The van der Waals surface area contributed by atoms with Gasteiger partial charge < -0.3 is 5.32 Å². The topological polar surface area (TPSA) is 92.3 Å². The molecule has 166 valence electrons. The van der Waals surface area contributed by atoms with Crippen molar-refractivity contribution in [2.75, 3.05) is 12.4 Å². The SMILES string of the molecule is CN(C1CCCCC1)S(=O)(=O)c1cccc(C(=O)Nc2cnc(-c3ccccc3)nc2)c1. The summed E-state index contributed by atoms with van der Waals surface area (Å²) in [5.74, 6) is 0.140. The van der Waals surface area contributed by atoms with E-state index in [1.807, 2.05) is 30.3 Å². The number of rotatable bonds is 6. The molecule has 1 N–H and O–H groups in total. The summed E-state index contributed by atoms with van der Waals surface area (Å²) in [5, 5.41) is 2.74. The van der Waals surface area contributed by atoms with Crippen molar-refractivity contribution in [3.63, 3.8) is 0 Å². The minimum absolute atomic E-state index is 0.00603. The third-order valence-electron chi connectivity index (χ3n) is 5.80. The predicted molar refractivity (Wildman–Crippen MR) is 124 cm³/mol. The van der Waals surface area contributed by atoms with Crippen LogP contribution in [0.2, 0.25) is 0 Å². The zero-order valence-electron chi connectivity index (χ0n) is 17.9. The molecule has 1 aliphatic carbocycles. The summed E-state index contributed by atoms with van der Waals surface area (Å²) < 4.78 is 27.7. The normalized spacial score (nSPS) is 14.9. The zero-order valence-corrected chi connectivity index (χ0v) is 18.8. The van der Waals surface area contributed by atoms with E-state index in [1.165, 1.54) is 28.8 Å². The number of nitrogens with one attached hydrogen (secondary N) is 1. The van der Waals surface area contributed by atoms with Gasteiger partial charge in [0.05, 0.1) is 23.0 Å². The quantitative estimate of drug-likeness (QED) is 0.603. The van der Waals surface area contributed by atoms with E-state index in [0.29, 0.717) is 11.5 Å². The third kappa shape index (κ3) is 4.87. The predicted octanol–water partition coefficient (Wildman–Crippen LogP) is 4.35. The van der Waals surface area contributed by atoms with Crippen LogP contribution in [0.4, 0.5) is 5.69 Å². The largest absolute Gasteiger partial charge is 0.319 e. The highest BCUT2D eigenvalue weighted by Gasteiger charge is 2.29. The summed E-state index contributed by atoms with van der Waals surface area (Å²) in [5.41, 5.74) is 1.57. The molecule has 32 heavy (non-hydrogen) atoms. The molecule has 1 aromatic heterocycles. The van der Waals surface area contributed by atoms with Crippen LogP contribution in [0.15, 0.2) is 71.9 Å². The van der Waals surface area contributed by atoms with E-state index in [4.69, 9.17) is 0 Å². The maximum atomic E-state index is 13.1. The number of carbonyl (C=O) groups is 1. The van der Waals surface area contributed by atoms with Crippen molar-refractivity contribution in [1.82, 2.24) is 14.3 Å². The smallest absolute Gasteiger partial charge is 0.255 e. The highest BCUT2D eigenvalue weighted by Crippen LogP contribution is 2.27. The number of hydrogen-bond donors (Lipinski definition) is 1. The van der Waals surface area contributed by atoms with Crippen LogP contribution in [0.25, 0.3) is 11.4 Å². The summed E-state index contributed by atoms with van der Waals surface area (Å²) in [7, 11) is -2.05. The lowest BCUT2D eigenvalue weighted by Crippen LogP contribution is -2.38. The van der Waals surface area contributed by atoms with E-state index in [1.54, 1.807) is 19.2 Å². The van der Waals surface area contributed by atoms with Gasteiger partial charge in [0.15, 0.2) is 5.82 Å². The van der Waals surface area contributed by atoms with Gasteiger partial charge >= 0.3 is 0 Å². The Kier molecular flexibility index (Phi) is 6.62. The van der Waals surface area contributed by atoms with E-state index >= 15 is 0 Å². The minimum Gasteiger partial charge on any atom is -0.319 e. The van der Waals surface area contributed by atoms with Crippen LogP contribution in [-0.2, 0) is 10.0 Å². The molecule has 8 heteroatoms. The lowest BCUT2D eigenvalue weighted by Gasteiger charge is -2.30. The fourth-order valence-electron chi connectivity index (χ4n) is 3.94. The first kappa shape index (κ1) is 22.1. The van der Waals surface area contributed by atoms with Crippen molar-refractivity contribution < 1.29 is 13.2 Å². The molecule has 0 spiro atoms. The molecule has 2 aromatic carbocycles. The van der Waals surface area contributed by atoms with Crippen LogP contribution in [0.5, 0.6) is 0 Å². The molecule has 0 atom stereocenters. The molecule has 0 saturated heterocycles. The van der Waals surface area contributed by atoms with Crippen LogP contribution < -0.4 is 5.32 Å². The minimum atomic E-state index is -3.68. The molecule has 1 aliphatic rings. The van der Waals surface area contributed by atoms with E-state index < -0.39 is 15.9 Å². The van der Waals surface area contributed by atoms with Gasteiger partial charge in [-0.05, 0) is 31.0 Å². The molecule has 4 rings (SSSR count). The molecular weight excluding hydrogens is 424 g/mol. The van der Waals surface area contributed by atoms with Crippen LogP contribution >= 0.6 is 0 Å². The van der Waals surface area contributed by atoms with Gasteiger partial charge in [0.1, 0.15) is 0 Å². The number of carbonyl (C=O) groups excluding carboxylic acids is 1. The van der Waals surface area contributed by atoms with Crippen LogP contribution in [0.3, 0.4) is 0 Å². The van der Waals surface area contributed by atoms with Crippen LogP contribution in [0, 0.1) is 0 Å². The molecule has 7 nitrogen and oxygen atoms in total. The summed E-state index contributed by atoms with van der Waals surface area (Å²) in [6.45, 7) is 0. The number of aromatic nitrogens is 2. The number of sulfonamides is 1. The number of benzene rings is 2. The number of amides is 1. The lowest BCUT2D eigenvalue weighted by molar-refractivity contribution is 0.102. The van der Waals surface area contributed by atoms with E-state index in [0.717, 1.165) is 37.7 Å². The highest BCUT2D eigenvalue weighted by molar-refractivity contribution is 7.89. The standard InChI is InChI=1S/C24H26N4O3S/c1-28(21-12-6-3-7-13-21)32(30,31)22-14-8-11-19(15-22)24(29)27-20-16-25-23(26-17-20)18-9-4-2-5-10-18/h2,4-5,8-11,14-17,21H,3,6-7,12-13H2,1H3,(H,27,29). The lowest BCUT2D eigenvalue weighted by atomic mass is 9.96. The second kappa shape index (κ2) is 9.58. The van der Waals surface area contributed by atoms with Crippen LogP contribution in [-0.4, -0.2) is 41.7 Å². The second-order valence-electron chi connectivity index (χ2n) is 7.96. The summed E-state index contributed by atoms with van der Waals surface area (Å²) in [4.78, 5) is 21.5. The van der Waals surface area contributed by atoms with E-state index in [-0.39, 0.29) is 16.5 Å². The van der Waals surface area contributed by atoms with Crippen molar-refractivity contribution in [3.8, 4) is 11.4 Å². The Morgan fingerprint density at radius 2 is 1.66 bits per heavy atom. The molecule has 0 bridgehead atoms. The molecule has 1 fully saturated rings. The molecular formula is C24H26N4O3S. The average Bonchev–Trinajstić information content (AvgIpc) is 2.85. The fraction of sp³-hybridized carbons (Fsp3) is 0.292. The molecule has 1 amide bonds. The average molecular weight is 451 g/mol. The summed E-state index contributed by atoms with van der Waals surface area (Å²) in [6.07, 6.45) is 8.03. The van der Waals surface area contributed by atoms with E-state index in [2.05, 4.69) is 15.3 Å². The third-order valence-corrected chi connectivity index (χ3v) is 7.71. The Morgan fingerprint density at radius 3 is 2.34 bits per heavy atom. The molecule has 0 unspecified atom stereocenters. The number of nitrogens with zero attached hydrogens (tertiary/aromatic N) is 3. The van der Waals surface area contributed by atoms with Gasteiger partial charge in [-0.2, -0.15) is 4.31 Å². The Balaban J connectivity index is 1.48. The second-order valence-corrected chi connectivity index (χ2v) is 9.95. The summed E-state index contributed by atoms with van der Waals surface area (Å²) >= 11 is 0. The first-order valence-corrected chi connectivity index (χ1v) is 12.2. The van der Waals surface area contributed by atoms with Gasteiger partial charge in [0.25, 0.3) is 5.91 Å². The fourth-order valence-corrected chi connectivity index (χ4v) is 5.40. The zero-order chi connectivity index (χ0) is 22.6. The first-order valence-electron chi connectivity index (χ1n) is 10.7. The number of anilines is 1. The van der Waals surface area contributed by atoms with Gasteiger partial charge in [-0.3, -0.25) is 4.79 Å². The molecule has 0 radical (unpaired) electrons. The molecule has 0 aliphatic heterocycles. The Bertz CT molecular complexity index is 1180.